The summed E-state index contributed by atoms with van der Waals surface area (Å²) in [6.07, 6.45) is 0.952. The van der Waals surface area contributed by atoms with Crippen LogP contribution in [0, 0.1) is 5.92 Å². The van der Waals surface area contributed by atoms with E-state index in [0.717, 1.165) is 29.0 Å². The first-order chi connectivity index (χ1) is 11.6. The topological polar surface area (TPSA) is 58.4 Å². The van der Waals surface area contributed by atoms with E-state index in [1.807, 2.05) is 30.3 Å². The quantitative estimate of drug-likeness (QED) is 0.908. The number of methoxy groups -OCH3 is 1. The lowest BCUT2D eigenvalue weighted by molar-refractivity contribution is -0.733. The van der Waals surface area contributed by atoms with Gasteiger partial charge in [-0.1, -0.05) is 26.0 Å². The molecular formula is C20H25N2O2+. The molecule has 3 rings (SSSR count). The molecule has 0 saturated carbocycles. The average molecular weight is 325 g/mol. The molecule has 1 aliphatic heterocycles. The van der Waals surface area contributed by atoms with Gasteiger partial charge in [0.1, 0.15) is 17.5 Å². The number of para-hydroxylation sites is 1. The summed E-state index contributed by atoms with van der Waals surface area (Å²) in [4.78, 5) is 4.95. The Morgan fingerprint density at radius 3 is 2.46 bits per heavy atom. The number of aliphatic imine (C=N–C) groups is 1. The molecule has 0 spiro atoms. The third kappa shape index (κ3) is 3.44. The van der Waals surface area contributed by atoms with E-state index in [1.54, 1.807) is 13.2 Å². The lowest BCUT2D eigenvalue weighted by Gasteiger charge is -2.29. The Morgan fingerprint density at radius 2 is 1.83 bits per heavy atom. The summed E-state index contributed by atoms with van der Waals surface area (Å²) >= 11 is 0. The Labute approximate surface area is 143 Å². The third-order valence-electron chi connectivity index (χ3n) is 4.59. The zero-order chi connectivity index (χ0) is 17.1. The smallest absolute Gasteiger partial charge is 0.182 e. The largest absolute Gasteiger partial charge is 0.507 e. The van der Waals surface area contributed by atoms with Gasteiger partial charge in [0.2, 0.25) is 0 Å². The maximum Gasteiger partial charge on any atom is 0.182 e. The third-order valence-corrected chi connectivity index (χ3v) is 4.59. The van der Waals surface area contributed by atoms with Crippen LogP contribution < -0.4 is 10.1 Å². The molecule has 0 radical (unpaired) electrons. The van der Waals surface area contributed by atoms with Crippen molar-refractivity contribution < 1.29 is 15.2 Å². The van der Waals surface area contributed by atoms with Crippen LogP contribution >= 0.6 is 0 Å². The van der Waals surface area contributed by atoms with E-state index in [2.05, 4.69) is 31.3 Å². The van der Waals surface area contributed by atoms with Crippen LogP contribution in [0.4, 0.5) is 0 Å². The van der Waals surface area contributed by atoms with E-state index in [9.17, 15) is 5.11 Å². The van der Waals surface area contributed by atoms with Crippen molar-refractivity contribution in [3.05, 3.63) is 59.7 Å². The van der Waals surface area contributed by atoms with Crippen molar-refractivity contribution in [2.75, 3.05) is 7.11 Å². The van der Waals surface area contributed by atoms with E-state index in [1.165, 1.54) is 0 Å². The summed E-state index contributed by atoms with van der Waals surface area (Å²) < 4.78 is 5.24. The molecule has 4 heteroatoms. The number of hydrogen-bond donors (Lipinski definition) is 2. The van der Waals surface area contributed by atoms with E-state index >= 15 is 0 Å². The molecule has 126 valence electrons. The molecule has 0 bridgehead atoms. The van der Waals surface area contributed by atoms with Crippen LogP contribution in [0.1, 0.15) is 37.4 Å². The predicted molar refractivity (Wildman–Crippen MR) is 95.5 cm³/mol. The summed E-state index contributed by atoms with van der Waals surface area (Å²) in [5.41, 5.74) is 3.19. The standard InChI is InChI=1S/C20H24N2O2/c1-13(2)20-21-17(14-8-10-15(24-3)11-9-14)12-18(22-20)16-6-4-5-7-19(16)23/h4-11,13,18,20,22-23H,12H2,1-3H3/p+1/t18-,20-/m0/s1. The highest BCUT2D eigenvalue weighted by Gasteiger charge is 2.31. The zero-order valence-corrected chi connectivity index (χ0v) is 14.4. The minimum atomic E-state index is 0.153. The van der Waals surface area contributed by atoms with Crippen LogP contribution in [-0.2, 0) is 0 Å². The van der Waals surface area contributed by atoms with E-state index in [0.29, 0.717) is 11.7 Å². The summed E-state index contributed by atoms with van der Waals surface area (Å²) in [5.74, 6) is 1.63. The molecular weight excluding hydrogens is 300 g/mol. The fourth-order valence-electron chi connectivity index (χ4n) is 3.15. The molecule has 2 aromatic rings. The van der Waals surface area contributed by atoms with Gasteiger partial charge in [0.25, 0.3) is 0 Å². The van der Waals surface area contributed by atoms with Crippen LogP contribution in [0.25, 0.3) is 0 Å². The normalized spacial score (nSPS) is 20.8. The van der Waals surface area contributed by atoms with Gasteiger partial charge in [0.15, 0.2) is 6.17 Å². The first-order valence-corrected chi connectivity index (χ1v) is 8.42. The molecule has 1 aliphatic rings. The zero-order valence-electron chi connectivity index (χ0n) is 14.4. The van der Waals surface area contributed by atoms with Gasteiger partial charge < -0.3 is 15.2 Å². The number of nitrogens with zero attached hydrogens (tertiary/aromatic N) is 1. The molecule has 3 N–H and O–H groups in total. The molecule has 0 saturated heterocycles. The Morgan fingerprint density at radius 1 is 1.12 bits per heavy atom. The van der Waals surface area contributed by atoms with Gasteiger partial charge >= 0.3 is 0 Å². The number of aromatic hydroxyl groups is 1. The molecule has 0 amide bonds. The molecule has 0 unspecified atom stereocenters. The molecule has 0 aromatic heterocycles. The number of benzene rings is 2. The minimum absolute atomic E-state index is 0.153. The van der Waals surface area contributed by atoms with Gasteiger partial charge in [-0.05, 0) is 42.0 Å². The SMILES string of the molecule is COc1ccc(C2=N[C@H](C(C)C)[NH2+][C@H](c3ccccc3O)C2)cc1. The lowest BCUT2D eigenvalue weighted by atomic mass is 9.93. The minimum Gasteiger partial charge on any atom is -0.507 e. The fourth-order valence-corrected chi connectivity index (χ4v) is 3.15. The monoisotopic (exact) mass is 325 g/mol. The Hall–Kier alpha value is -2.33. The summed E-state index contributed by atoms with van der Waals surface area (Å²) in [5, 5.41) is 12.5. The van der Waals surface area contributed by atoms with Gasteiger partial charge in [0, 0.05) is 12.3 Å². The van der Waals surface area contributed by atoms with Crippen LogP contribution in [0.5, 0.6) is 11.5 Å². The highest BCUT2D eigenvalue weighted by atomic mass is 16.5. The fraction of sp³-hybridized carbons (Fsp3) is 0.350. The van der Waals surface area contributed by atoms with Crippen molar-refractivity contribution in [3.63, 3.8) is 0 Å². The van der Waals surface area contributed by atoms with Crippen molar-refractivity contribution in [2.45, 2.75) is 32.5 Å². The molecule has 24 heavy (non-hydrogen) atoms. The van der Waals surface area contributed by atoms with Crippen molar-refractivity contribution in [3.8, 4) is 11.5 Å². The van der Waals surface area contributed by atoms with Crippen LogP contribution in [0.15, 0.2) is 53.5 Å². The van der Waals surface area contributed by atoms with Gasteiger partial charge in [-0.15, -0.1) is 0 Å². The molecule has 0 aliphatic carbocycles. The van der Waals surface area contributed by atoms with Crippen molar-refractivity contribution in [1.82, 2.24) is 0 Å². The van der Waals surface area contributed by atoms with E-state index in [4.69, 9.17) is 9.73 Å². The summed E-state index contributed by atoms with van der Waals surface area (Å²) in [6, 6.07) is 15.8. The molecule has 0 fully saturated rings. The van der Waals surface area contributed by atoms with Gasteiger partial charge in [-0.2, -0.15) is 0 Å². The van der Waals surface area contributed by atoms with Crippen LogP contribution in [0.2, 0.25) is 0 Å². The van der Waals surface area contributed by atoms with Gasteiger partial charge in [-0.3, -0.25) is 0 Å². The molecule has 1 heterocycles. The number of phenolic OH excluding ortho intramolecular Hbond substituents is 1. The van der Waals surface area contributed by atoms with Crippen molar-refractivity contribution in [2.24, 2.45) is 10.9 Å². The highest BCUT2D eigenvalue weighted by molar-refractivity contribution is 6.01. The number of ether oxygens (including phenoxy) is 1. The van der Waals surface area contributed by atoms with Crippen LogP contribution in [-0.4, -0.2) is 24.1 Å². The maximum absolute atomic E-state index is 10.2. The number of hydrogen-bond acceptors (Lipinski definition) is 3. The van der Waals surface area contributed by atoms with Gasteiger partial charge in [-0.25, -0.2) is 4.99 Å². The van der Waals surface area contributed by atoms with E-state index in [-0.39, 0.29) is 12.2 Å². The second kappa shape index (κ2) is 7.05. The lowest BCUT2D eigenvalue weighted by Crippen LogP contribution is -2.93. The summed E-state index contributed by atoms with van der Waals surface area (Å²) in [7, 11) is 1.67. The second-order valence-corrected chi connectivity index (χ2v) is 6.60. The Balaban J connectivity index is 1.93. The number of nitrogens with two attached hydrogens (primary N) is 1. The number of phenols is 1. The first-order valence-electron chi connectivity index (χ1n) is 8.42. The average Bonchev–Trinajstić information content (AvgIpc) is 2.61. The predicted octanol–water partition coefficient (Wildman–Crippen LogP) is 2.88. The van der Waals surface area contributed by atoms with Gasteiger partial charge in [0.05, 0.1) is 18.4 Å². The number of rotatable bonds is 4. The molecule has 2 aromatic carbocycles. The van der Waals surface area contributed by atoms with Crippen molar-refractivity contribution >= 4 is 5.71 Å². The first kappa shape index (κ1) is 16.5. The number of quaternary nitrogens is 1. The Bertz CT molecular complexity index is 723. The van der Waals surface area contributed by atoms with Crippen LogP contribution in [0.3, 0.4) is 0 Å². The highest BCUT2D eigenvalue weighted by Crippen LogP contribution is 2.28. The second-order valence-electron chi connectivity index (χ2n) is 6.60. The summed E-state index contributed by atoms with van der Waals surface area (Å²) in [6.45, 7) is 4.37. The molecule has 2 atom stereocenters. The van der Waals surface area contributed by atoms with Crippen molar-refractivity contribution in [1.29, 1.82) is 0 Å². The van der Waals surface area contributed by atoms with E-state index < -0.39 is 0 Å². The Kier molecular flexibility index (Phi) is 4.86. The maximum atomic E-state index is 10.2. The molecule has 4 nitrogen and oxygen atoms in total.